The Labute approximate surface area is 229 Å². The van der Waals surface area contributed by atoms with Crippen LogP contribution in [0.4, 0.5) is 16.2 Å². The molecule has 8 heteroatoms. The van der Waals surface area contributed by atoms with Crippen LogP contribution in [0.25, 0.3) is 10.8 Å². The van der Waals surface area contributed by atoms with E-state index >= 15 is 0 Å². The highest BCUT2D eigenvalue weighted by Gasteiger charge is 2.37. The molecule has 1 unspecified atom stereocenters. The summed E-state index contributed by atoms with van der Waals surface area (Å²) < 4.78 is 0. The standard InChI is InChI=1S/C31H39N5O3/c32-20-7-4-12-27(36-30(39)35-26-13-8-10-23-9-2-3-11-25(23)26)28(37)34-24-16-14-22(15-17-24)21-31(29(33)38)18-5-1-6-19-31/h2-3,8-11,13-17,27H,1,4-7,12,18-21,32H2,(H2,33,38)(H,34,37)(H2,35,36,39). The number of fused-ring (bicyclic) bond motifs is 1. The lowest BCUT2D eigenvalue weighted by Gasteiger charge is -2.34. The van der Waals surface area contributed by atoms with Gasteiger partial charge in [0.05, 0.1) is 11.1 Å². The Hall–Kier alpha value is -3.91. The molecule has 1 atom stereocenters. The molecule has 39 heavy (non-hydrogen) atoms. The number of hydrogen-bond donors (Lipinski definition) is 5. The summed E-state index contributed by atoms with van der Waals surface area (Å²) in [6.45, 7) is 0.519. The third kappa shape index (κ3) is 7.35. The quantitative estimate of drug-likeness (QED) is 0.221. The Morgan fingerprint density at radius 2 is 1.56 bits per heavy atom. The van der Waals surface area contributed by atoms with E-state index in [0.29, 0.717) is 37.2 Å². The van der Waals surface area contributed by atoms with E-state index in [-0.39, 0.29) is 11.8 Å². The molecular formula is C31H39N5O3. The first-order valence-corrected chi connectivity index (χ1v) is 13.9. The molecule has 206 valence electrons. The molecule has 1 fully saturated rings. The first kappa shape index (κ1) is 28.1. The van der Waals surface area contributed by atoms with Gasteiger partial charge in [0.15, 0.2) is 0 Å². The minimum absolute atomic E-state index is 0.229. The Bertz CT molecular complexity index is 1280. The van der Waals surface area contributed by atoms with Gasteiger partial charge in [-0.05, 0) is 74.2 Å². The number of nitrogens with one attached hydrogen (secondary N) is 3. The second kappa shape index (κ2) is 13.2. The Morgan fingerprint density at radius 1 is 0.846 bits per heavy atom. The number of amides is 4. The molecule has 3 aromatic carbocycles. The molecule has 1 saturated carbocycles. The van der Waals surface area contributed by atoms with Gasteiger partial charge in [0, 0.05) is 11.1 Å². The topological polar surface area (TPSA) is 139 Å². The Balaban J connectivity index is 1.40. The van der Waals surface area contributed by atoms with Crippen molar-refractivity contribution in [3.8, 4) is 0 Å². The summed E-state index contributed by atoms with van der Waals surface area (Å²) >= 11 is 0. The SMILES string of the molecule is NCCCCC(NC(=O)Nc1cccc2ccccc12)C(=O)Nc1ccc(CC2(C(N)=O)CCCCC2)cc1. The smallest absolute Gasteiger partial charge is 0.319 e. The molecule has 4 amide bonds. The maximum atomic E-state index is 13.2. The predicted molar refractivity (Wildman–Crippen MR) is 156 cm³/mol. The van der Waals surface area contributed by atoms with Crippen LogP contribution in [-0.2, 0) is 16.0 Å². The third-order valence-electron chi connectivity index (χ3n) is 7.70. The fourth-order valence-corrected chi connectivity index (χ4v) is 5.48. The fourth-order valence-electron chi connectivity index (χ4n) is 5.48. The van der Waals surface area contributed by atoms with Crippen molar-refractivity contribution in [3.05, 3.63) is 72.3 Å². The molecule has 1 aliphatic rings. The average Bonchev–Trinajstić information content (AvgIpc) is 2.94. The lowest BCUT2D eigenvalue weighted by atomic mass is 9.70. The highest BCUT2D eigenvalue weighted by Crippen LogP contribution is 2.39. The van der Waals surface area contributed by atoms with Gasteiger partial charge < -0.3 is 27.4 Å². The van der Waals surface area contributed by atoms with Crippen molar-refractivity contribution >= 4 is 40.0 Å². The summed E-state index contributed by atoms with van der Waals surface area (Å²) in [5.74, 6) is -0.526. The van der Waals surface area contributed by atoms with Crippen molar-refractivity contribution in [1.29, 1.82) is 0 Å². The van der Waals surface area contributed by atoms with Gasteiger partial charge in [-0.2, -0.15) is 0 Å². The fraction of sp³-hybridized carbons (Fsp3) is 0.387. The van der Waals surface area contributed by atoms with E-state index in [1.165, 1.54) is 0 Å². The zero-order valence-corrected chi connectivity index (χ0v) is 22.4. The molecule has 0 heterocycles. The zero-order valence-electron chi connectivity index (χ0n) is 22.4. The van der Waals surface area contributed by atoms with Gasteiger partial charge in [0.1, 0.15) is 6.04 Å². The molecule has 0 spiro atoms. The van der Waals surface area contributed by atoms with E-state index in [1.54, 1.807) is 0 Å². The van der Waals surface area contributed by atoms with E-state index in [9.17, 15) is 14.4 Å². The molecule has 1 aliphatic carbocycles. The van der Waals surface area contributed by atoms with E-state index in [4.69, 9.17) is 11.5 Å². The number of rotatable bonds is 11. The highest BCUT2D eigenvalue weighted by molar-refractivity contribution is 6.03. The number of carbonyl (C=O) groups excluding carboxylic acids is 3. The average molecular weight is 530 g/mol. The normalized spacial score (nSPS) is 15.3. The molecule has 0 bridgehead atoms. The Morgan fingerprint density at radius 3 is 2.28 bits per heavy atom. The van der Waals surface area contributed by atoms with E-state index in [0.717, 1.165) is 54.9 Å². The van der Waals surface area contributed by atoms with Crippen molar-refractivity contribution in [2.75, 3.05) is 17.2 Å². The van der Waals surface area contributed by atoms with E-state index in [2.05, 4.69) is 16.0 Å². The second-order valence-electron chi connectivity index (χ2n) is 10.5. The lowest BCUT2D eigenvalue weighted by Crippen LogP contribution is -2.45. The van der Waals surface area contributed by atoms with Gasteiger partial charge in [0.2, 0.25) is 11.8 Å². The maximum Gasteiger partial charge on any atom is 0.319 e. The van der Waals surface area contributed by atoms with Gasteiger partial charge in [-0.3, -0.25) is 9.59 Å². The van der Waals surface area contributed by atoms with Gasteiger partial charge in [0.25, 0.3) is 0 Å². The molecule has 0 saturated heterocycles. The third-order valence-corrected chi connectivity index (χ3v) is 7.70. The number of unbranched alkanes of at least 4 members (excludes halogenated alkanes) is 1. The Kier molecular flexibility index (Phi) is 9.54. The lowest BCUT2D eigenvalue weighted by molar-refractivity contribution is -0.129. The van der Waals surface area contributed by atoms with Crippen LogP contribution in [0.3, 0.4) is 0 Å². The molecule has 7 N–H and O–H groups in total. The molecule has 4 rings (SSSR count). The summed E-state index contributed by atoms with van der Waals surface area (Å²) in [5.41, 5.74) is 13.3. The van der Waals surface area contributed by atoms with E-state index < -0.39 is 17.5 Å². The van der Waals surface area contributed by atoms with Crippen LogP contribution < -0.4 is 27.4 Å². The largest absolute Gasteiger partial charge is 0.369 e. The van der Waals surface area contributed by atoms with E-state index in [1.807, 2.05) is 66.7 Å². The second-order valence-corrected chi connectivity index (χ2v) is 10.5. The number of anilines is 2. The van der Waals surface area contributed by atoms with Crippen molar-refractivity contribution in [2.45, 2.75) is 63.8 Å². The van der Waals surface area contributed by atoms with Crippen molar-refractivity contribution in [2.24, 2.45) is 16.9 Å². The monoisotopic (exact) mass is 529 g/mol. The van der Waals surface area contributed by atoms with Crippen molar-refractivity contribution < 1.29 is 14.4 Å². The summed E-state index contributed by atoms with van der Waals surface area (Å²) in [7, 11) is 0. The number of urea groups is 1. The van der Waals surface area contributed by atoms with Gasteiger partial charge in [-0.15, -0.1) is 0 Å². The number of nitrogens with two attached hydrogens (primary N) is 2. The molecule has 0 radical (unpaired) electrons. The van der Waals surface area contributed by atoms with Crippen LogP contribution in [0.1, 0.15) is 56.9 Å². The molecule has 0 aliphatic heterocycles. The summed E-state index contributed by atoms with van der Waals surface area (Å²) in [5, 5.41) is 10.6. The van der Waals surface area contributed by atoms with Crippen LogP contribution in [-0.4, -0.2) is 30.4 Å². The molecule has 8 nitrogen and oxygen atoms in total. The summed E-state index contributed by atoms with van der Waals surface area (Å²) in [6, 6.07) is 19.8. The van der Waals surface area contributed by atoms with Crippen molar-refractivity contribution in [1.82, 2.24) is 5.32 Å². The predicted octanol–water partition coefficient (Wildman–Crippen LogP) is 5.08. The van der Waals surface area contributed by atoms with Crippen LogP contribution >= 0.6 is 0 Å². The number of primary amides is 1. The summed E-state index contributed by atoms with van der Waals surface area (Å²) in [4.78, 5) is 38.4. The van der Waals surface area contributed by atoms with Crippen molar-refractivity contribution in [3.63, 3.8) is 0 Å². The van der Waals surface area contributed by atoms with Crippen LogP contribution in [0.2, 0.25) is 0 Å². The van der Waals surface area contributed by atoms with Crippen LogP contribution in [0.5, 0.6) is 0 Å². The van der Waals surface area contributed by atoms with Gasteiger partial charge >= 0.3 is 6.03 Å². The van der Waals surface area contributed by atoms with Gasteiger partial charge in [-0.25, -0.2) is 4.79 Å². The number of carbonyl (C=O) groups is 3. The number of hydrogen-bond acceptors (Lipinski definition) is 4. The number of benzene rings is 3. The van der Waals surface area contributed by atoms with Crippen LogP contribution in [0.15, 0.2) is 66.7 Å². The molecule has 0 aromatic heterocycles. The highest BCUT2D eigenvalue weighted by atomic mass is 16.2. The molecule has 3 aromatic rings. The minimum Gasteiger partial charge on any atom is -0.369 e. The first-order chi connectivity index (χ1) is 18.9. The summed E-state index contributed by atoms with van der Waals surface area (Å²) in [6.07, 6.45) is 7.34. The minimum atomic E-state index is -0.730. The maximum absolute atomic E-state index is 13.2. The van der Waals surface area contributed by atoms with Crippen LogP contribution in [0, 0.1) is 5.41 Å². The molecular weight excluding hydrogens is 490 g/mol. The first-order valence-electron chi connectivity index (χ1n) is 13.9. The zero-order chi connectivity index (χ0) is 27.7. The van der Waals surface area contributed by atoms with Gasteiger partial charge in [-0.1, -0.05) is 67.8 Å².